The number of likely N-dealkylation sites (tertiary alicyclic amines) is 1. The second kappa shape index (κ2) is 8.13. The van der Waals surface area contributed by atoms with E-state index < -0.39 is 0 Å². The van der Waals surface area contributed by atoms with Gasteiger partial charge in [-0.2, -0.15) is 0 Å². The maximum Gasteiger partial charge on any atom is 0.289 e. The van der Waals surface area contributed by atoms with Gasteiger partial charge in [-0.1, -0.05) is 42.5 Å². The Bertz CT molecular complexity index is 934. The molecular formula is C23H22N2O3. The van der Waals surface area contributed by atoms with Gasteiger partial charge in [0.1, 0.15) is 0 Å². The molecule has 28 heavy (non-hydrogen) atoms. The van der Waals surface area contributed by atoms with Crippen molar-refractivity contribution in [3.8, 4) is 11.1 Å². The van der Waals surface area contributed by atoms with Crippen LogP contribution in [0.4, 0.5) is 5.69 Å². The summed E-state index contributed by atoms with van der Waals surface area (Å²) in [5, 5.41) is 2.98. The minimum absolute atomic E-state index is 0.0515. The monoisotopic (exact) mass is 374 g/mol. The molecule has 1 aliphatic heterocycles. The van der Waals surface area contributed by atoms with E-state index in [1.807, 2.05) is 42.5 Å². The van der Waals surface area contributed by atoms with E-state index >= 15 is 0 Å². The van der Waals surface area contributed by atoms with Crippen LogP contribution in [0.15, 0.2) is 77.4 Å². The molecule has 1 fully saturated rings. The highest BCUT2D eigenvalue weighted by molar-refractivity contribution is 5.95. The maximum atomic E-state index is 12.7. The topological polar surface area (TPSA) is 62.6 Å². The number of carbonyl (C=O) groups excluding carboxylic acids is 2. The lowest BCUT2D eigenvalue weighted by molar-refractivity contribution is -0.121. The molecule has 2 heterocycles. The molecule has 1 atom stereocenters. The van der Waals surface area contributed by atoms with Crippen molar-refractivity contribution in [1.82, 2.24) is 4.90 Å². The summed E-state index contributed by atoms with van der Waals surface area (Å²) < 4.78 is 5.20. The molecule has 2 amide bonds. The van der Waals surface area contributed by atoms with Crippen LogP contribution in [0.2, 0.25) is 0 Å². The minimum atomic E-state index is -0.221. The first kappa shape index (κ1) is 18.0. The number of carbonyl (C=O) groups is 2. The Morgan fingerprint density at radius 1 is 0.929 bits per heavy atom. The fourth-order valence-corrected chi connectivity index (χ4v) is 3.55. The van der Waals surface area contributed by atoms with E-state index in [4.69, 9.17) is 4.42 Å². The molecule has 1 aromatic heterocycles. The molecule has 0 radical (unpaired) electrons. The summed E-state index contributed by atoms with van der Waals surface area (Å²) in [5.41, 5.74) is 3.00. The quantitative estimate of drug-likeness (QED) is 0.734. The zero-order valence-corrected chi connectivity index (χ0v) is 15.5. The molecule has 5 nitrogen and oxygen atoms in total. The Balaban J connectivity index is 1.38. The number of furan rings is 1. The van der Waals surface area contributed by atoms with Crippen molar-refractivity contribution < 1.29 is 14.0 Å². The molecule has 0 aliphatic carbocycles. The van der Waals surface area contributed by atoms with Gasteiger partial charge in [0.15, 0.2) is 5.76 Å². The molecule has 0 bridgehead atoms. The van der Waals surface area contributed by atoms with E-state index in [0.29, 0.717) is 18.8 Å². The molecular weight excluding hydrogens is 352 g/mol. The smallest absolute Gasteiger partial charge is 0.289 e. The highest BCUT2D eigenvalue weighted by atomic mass is 16.3. The highest BCUT2D eigenvalue weighted by Crippen LogP contribution is 2.23. The van der Waals surface area contributed by atoms with Gasteiger partial charge in [-0.25, -0.2) is 0 Å². The van der Waals surface area contributed by atoms with E-state index in [2.05, 4.69) is 17.4 Å². The van der Waals surface area contributed by atoms with Crippen LogP contribution in [0.1, 0.15) is 23.4 Å². The zero-order valence-electron chi connectivity index (χ0n) is 15.5. The summed E-state index contributed by atoms with van der Waals surface area (Å²) in [5.74, 6) is -0.113. The molecule has 0 saturated carbocycles. The van der Waals surface area contributed by atoms with Crippen LogP contribution in [-0.2, 0) is 4.79 Å². The van der Waals surface area contributed by atoms with Crippen molar-refractivity contribution in [1.29, 1.82) is 0 Å². The Morgan fingerprint density at radius 3 is 2.39 bits per heavy atom. The third kappa shape index (κ3) is 3.98. The first-order chi connectivity index (χ1) is 13.7. The molecule has 1 aliphatic rings. The summed E-state index contributed by atoms with van der Waals surface area (Å²) in [6, 6.07) is 21.3. The third-order valence-corrected chi connectivity index (χ3v) is 5.07. The van der Waals surface area contributed by atoms with Gasteiger partial charge in [-0.15, -0.1) is 0 Å². The third-order valence-electron chi connectivity index (χ3n) is 5.07. The molecule has 3 aromatic rings. The molecule has 2 aromatic carbocycles. The van der Waals surface area contributed by atoms with Crippen molar-refractivity contribution in [3.05, 3.63) is 78.8 Å². The molecule has 5 heteroatoms. The van der Waals surface area contributed by atoms with Crippen LogP contribution >= 0.6 is 0 Å². The zero-order chi connectivity index (χ0) is 19.3. The van der Waals surface area contributed by atoms with Gasteiger partial charge in [-0.05, 0) is 48.2 Å². The molecule has 0 unspecified atom stereocenters. The van der Waals surface area contributed by atoms with Gasteiger partial charge in [-0.3, -0.25) is 9.59 Å². The number of benzene rings is 2. The summed E-state index contributed by atoms with van der Waals surface area (Å²) >= 11 is 0. The van der Waals surface area contributed by atoms with Crippen molar-refractivity contribution in [3.63, 3.8) is 0 Å². The first-order valence-electron chi connectivity index (χ1n) is 9.50. The lowest BCUT2D eigenvalue weighted by Crippen LogP contribution is -2.43. The number of nitrogens with one attached hydrogen (secondary N) is 1. The number of anilines is 1. The molecule has 1 N–H and O–H groups in total. The Hall–Kier alpha value is -3.34. The van der Waals surface area contributed by atoms with Gasteiger partial charge in [0.05, 0.1) is 12.2 Å². The Labute approximate surface area is 164 Å². The van der Waals surface area contributed by atoms with Gasteiger partial charge < -0.3 is 14.6 Å². The second-order valence-corrected chi connectivity index (χ2v) is 7.00. The second-order valence-electron chi connectivity index (χ2n) is 7.00. The number of piperidine rings is 1. The molecule has 142 valence electrons. The average molecular weight is 374 g/mol. The van der Waals surface area contributed by atoms with Crippen molar-refractivity contribution in [2.45, 2.75) is 12.8 Å². The van der Waals surface area contributed by atoms with Crippen LogP contribution in [0, 0.1) is 5.92 Å². The molecule has 0 spiro atoms. The first-order valence-corrected chi connectivity index (χ1v) is 9.50. The van der Waals surface area contributed by atoms with E-state index in [9.17, 15) is 9.59 Å². The van der Waals surface area contributed by atoms with Crippen LogP contribution < -0.4 is 5.32 Å². The Kier molecular flexibility index (Phi) is 5.24. The van der Waals surface area contributed by atoms with Crippen molar-refractivity contribution in [2.75, 3.05) is 18.4 Å². The maximum absolute atomic E-state index is 12.7. The number of hydrogen-bond acceptors (Lipinski definition) is 3. The van der Waals surface area contributed by atoms with Gasteiger partial charge >= 0.3 is 0 Å². The minimum Gasteiger partial charge on any atom is -0.459 e. The summed E-state index contributed by atoms with van der Waals surface area (Å²) in [7, 11) is 0. The fourth-order valence-electron chi connectivity index (χ4n) is 3.55. The van der Waals surface area contributed by atoms with Crippen LogP contribution in [0.3, 0.4) is 0 Å². The summed E-state index contributed by atoms with van der Waals surface area (Å²) in [4.78, 5) is 26.9. The largest absolute Gasteiger partial charge is 0.459 e. The van der Waals surface area contributed by atoms with Crippen molar-refractivity contribution >= 4 is 17.5 Å². The predicted octanol–water partition coefficient (Wildman–Crippen LogP) is 4.44. The number of rotatable bonds is 4. The molecule has 4 rings (SSSR count). The normalized spacial score (nSPS) is 16.6. The van der Waals surface area contributed by atoms with Gasteiger partial charge in [0, 0.05) is 18.8 Å². The predicted molar refractivity (Wildman–Crippen MR) is 108 cm³/mol. The van der Waals surface area contributed by atoms with Gasteiger partial charge in [0.25, 0.3) is 5.91 Å². The fraction of sp³-hybridized carbons (Fsp3) is 0.217. The van der Waals surface area contributed by atoms with Gasteiger partial charge in [0.2, 0.25) is 5.91 Å². The Morgan fingerprint density at radius 2 is 1.68 bits per heavy atom. The van der Waals surface area contributed by atoms with Crippen molar-refractivity contribution in [2.24, 2.45) is 5.92 Å². The van der Waals surface area contributed by atoms with Crippen LogP contribution in [0.5, 0.6) is 0 Å². The van der Waals surface area contributed by atoms with E-state index in [-0.39, 0.29) is 17.7 Å². The van der Waals surface area contributed by atoms with E-state index in [0.717, 1.165) is 29.7 Å². The lowest BCUT2D eigenvalue weighted by atomic mass is 9.96. The summed E-state index contributed by atoms with van der Waals surface area (Å²) in [6.07, 6.45) is 3.06. The van der Waals surface area contributed by atoms with Crippen LogP contribution in [0.25, 0.3) is 11.1 Å². The SMILES string of the molecule is O=C(Nc1ccc(-c2ccccc2)cc1)[C@H]1CCCN(C(=O)c2ccco2)C1. The standard InChI is InChI=1S/C23H22N2O3/c26-22(19-8-4-14-25(16-19)23(27)21-9-5-15-28-21)24-20-12-10-18(11-13-20)17-6-2-1-3-7-17/h1-3,5-7,9-13,15,19H,4,8,14,16H2,(H,24,26)/t19-/m0/s1. The average Bonchev–Trinajstić information content (AvgIpc) is 3.29. The lowest BCUT2D eigenvalue weighted by Gasteiger charge is -2.31. The van der Waals surface area contributed by atoms with E-state index in [1.165, 1.54) is 6.26 Å². The molecule has 1 saturated heterocycles. The van der Waals surface area contributed by atoms with Crippen LogP contribution in [-0.4, -0.2) is 29.8 Å². The number of amides is 2. The number of hydrogen-bond donors (Lipinski definition) is 1. The van der Waals surface area contributed by atoms with E-state index in [1.54, 1.807) is 17.0 Å². The number of nitrogens with zero attached hydrogens (tertiary/aromatic N) is 1. The highest BCUT2D eigenvalue weighted by Gasteiger charge is 2.29. The summed E-state index contributed by atoms with van der Waals surface area (Å²) in [6.45, 7) is 1.06.